The number of hydrogen-bond acceptors (Lipinski definition) is 8. The fraction of sp³-hybridized carbons (Fsp3) is 0.370. The highest BCUT2D eigenvalue weighted by atomic mass is 16.4. The van der Waals surface area contributed by atoms with E-state index in [0.717, 1.165) is 0 Å². The highest BCUT2D eigenvalue weighted by Gasteiger charge is 2.39. The van der Waals surface area contributed by atoms with Gasteiger partial charge in [0.15, 0.2) is 0 Å². The minimum Gasteiger partial charge on any atom is -0.508 e. The highest BCUT2D eigenvalue weighted by Crippen LogP contribution is 2.20. The van der Waals surface area contributed by atoms with Crippen molar-refractivity contribution in [3.63, 3.8) is 0 Å². The summed E-state index contributed by atoms with van der Waals surface area (Å²) in [6, 6.07) is 7.16. The van der Waals surface area contributed by atoms with Gasteiger partial charge in [-0.3, -0.25) is 19.2 Å². The molecule has 1 heterocycles. The van der Waals surface area contributed by atoms with Crippen LogP contribution in [0.4, 0.5) is 0 Å². The zero-order chi connectivity index (χ0) is 29.4. The van der Waals surface area contributed by atoms with Crippen molar-refractivity contribution in [2.24, 2.45) is 11.5 Å². The number of benzene rings is 2. The molecular formula is C27H33N5O8. The molecule has 13 nitrogen and oxygen atoms in total. The van der Waals surface area contributed by atoms with Gasteiger partial charge in [-0.15, -0.1) is 0 Å². The zero-order valence-corrected chi connectivity index (χ0v) is 21.7. The van der Waals surface area contributed by atoms with E-state index in [-0.39, 0.29) is 37.3 Å². The van der Waals surface area contributed by atoms with Crippen molar-refractivity contribution in [1.29, 1.82) is 0 Å². The molecule has 4 unspecified atom stereocenters. The zero-order valence-electron chi connectivity index (χ0n) is 21.7. The van der Waals surface area contributed by atoms with Gasteiger partial charge < -0.3 is 42.3 Å². The van der Waals surface area contributed by atoms with Crippen LogP contribution >= 0.6 is 0 Å². The summed E-state index contributed by atoms with van der Waals surface area (Å²) in [6.07, 6.45) is 0.203. The lowest BCUT2D eigenvalue weighted by molar-refractivity contribution is -0.145. The summed E-state index contributed by atoms with van der Waals surface area (Å²) in [7, 11) is 0. The molecule has 1 fully saturated rings. The Labute approximate surface area is 230 Å². The molecule has 0 spiro atoms. The van der Waals surface area contributed by atoms with E-state index >= 15 is 0 Å². The number of amides is 4. The van der Waals surface area contributed by atoms with E-state index in [2.05, 4.69) is 10.6 Å². The lowest BCUT2D eigenvalue weighted by atomic mass is 10.0. The predicted octanol–water partition coefficient (Wildman–Crippen LogP) is -0.869. The number of nitrogens with one attached hydrogen (secondary N) is 2. The first-order valence-corrected chi connectivity index (χ1v) is 12.7. The Hall–Kier alpha value is -4.65. The van der Waals surface area contributed by atoms with Gasteiger partial charge in [0.25, 0.3) is 0 Å². The smallest absolute Gasteiger partial charge is 0.326 e. The first-order valence-electron chi connectivity index (χ1n) is 12.7. The van der Waals surface area contributed by atoms with Crippen LogP contribution in [0.25, 0.3) is 0 Å². The number of carboxylic acids is 1. The maximum Gasteiger partial charge on any atom is 0.326 e. The van der Waals surface area contributed by atoms with Crippen LogP contribution < -0.4 is 22.1 Å². The molecule has 9 N–H and O–H groups in total. The molecule has 0 radical (unpaired) electrons. The number of nitrogens with two attached hydrogens (primary N) is 2. The normalized spacial score (nSPS) is 16.9. The van der Waals surface area contributed by atoms with Crippen LogP contribution in [-0.4, -0.2) is 80.5 Å². The largest absolute Gasteiger partial charge is 0.508 e. The molecule has 40 heavy (non-hydrogen) atoms. The summed E-state index contributed by atoms with van der Waals surface area (Å²) in [6.45, 7) is 0.150. The van der Waals surface area contributed by atoms with Gasteiger partial charge in [-0.2, -0.15) is 0 Å². The third kappa shape index (κ3) is 8.17. The number of aromatic hydroxyl groups is 2. The van der Waals surface area contributed by atoms with Crippen LogP contribution in [0, 0.1) is 0 Å². The lowest BCUT2D eigenvalue weighted by Gasteiger charge is -2.29. The van der Waals surface area contributed by atoms with Gasteiger partial charge in [0, 0.05) is 13.0 Å². The van der Waals surface area contributed by atoms with Crippen LogP contribution in [0.2, 0.25) is 0 Å². The summed E-state index contributed by atoms with van der Waals surface area (Å²) in [5.41, 5.74) is 12.5. The first kappa shape index (κ1) is 29.9. The van der Waals surface area contributed by atoms with Crippen molar-refractivity contribution in [3.8, 4) is 11.5 Å². The predicted molar refractivity (Wildman–Crippen MR) is 142 cm³/mol. The number of phenols is 2. The second-order valence-electron chi connectivity index (χ2n) is 9.67. The average molecular weight is 556 g/mol. The number of hydrogen-bond donors (Lipinski definition) is 7. The van der Waals surface area contributed by atoms with Crippen LogP contribution in [0.15, 0.2) is 48.5 Å². The standard InChI is InChI=1S/C27H33N5O8/c28-19(12-15-3-7-17(33)8-4-15)24(36)30-20(14-23(29)35)26(38)32-11-1-2-22(32)25(37)31-21(27(39)40)13-16-5-9-18(34)10-6-16/h3-10,19-22,33-34H,1-2,11-14,28H2,(H2,29,35)(H,30,36)(H,31,37)(H,39,40). The van der Waals surface area contributed by atoms with Gasteiger partial charge in [-0.05, 0) is 54.7 Å². The number of phenolic OH excluding ortho intramolecular Hbond substituents is 2. The number of rotatable bonds is 12. The number of primary amides is 1. The van der Waals surface area contributed by atoms with Gasteiger partial charge in [0.2, 0.25) is 23.6 Å². The van der Waals surface area contributed by atoms with Crippen LogP contribution in [-0.2, 0) is 36.8 Å². The third-order valence-electron chi connectivity index (χ3n) is 6.58. The molecule has 1 aliphatic rings. The number of nitrogens with zero attached hydrogens (tertiary/aromatic N) is 1. The summed E-state index contributed by atoms with van der Waals surface area (Å²) in [5.74, 6) is -4.19. The van der Waals surface area contributed by atoms with Gasteiger partial charge in [0.05, 0.1) is 12.5 Å². The van der Waals surface area contributed by atoms with Crippen molar-refractivity contribution in [2.75, 3.05) is 6.54 Å². The third-order valence-corrected chi connectivity index (χ3v) is 6.58. The van der Waals surface area contributed by atoms with Gasteiger partial charge in [-0.25, -0.2) is 4.79 Å². The number of carbonyl (C=O) groups is 5. The molecule has 2 aromatic carbocycles. The average Bonchev–Trinajstić information content (AvgIpc) is 3.40. The molecule has 3 rings (SSSR count). The van der Waals surface area contributed by atoms with E-state index in [0.29, 0.717) is 17.5 Å². The van der Waals surface area contributed by atoms with Crippen LogP contribution in [0.1, 0.15) is 30.4 Å². The van der Waals surface area contributed by atoms with E-state index in [1.807, 2.05) is 0 Å². The highest BCUT2D eigenvalue weighted by molar-refractivity contribution is 5.96. The fourth-order valence-electron chi connectivity index (χ4n) is 4.50. The second-order valence-corrected chi connectivity index (χ2v) is 9.67. The van der Waals surface area contributed by atoms with Crippen LogP contribution in [0.3, 0.4) is 0 Å². The Morgan fingerprint density at radius 3 is 1.95 bits per heavy atom. The Morgan fingerprint density at radius 2 is 1.43 bits per heavy atom. The second kappa shape index (κ2) is 13.4. The van der Waals surface area contributed by atoms with Crippen LogP contribution in [0.5, 0.6) is 11.5 Å². The maximum atomic E-state index is 13.4. The van der Waals surface area contributed by atoms with E-state index in [1.54, 1.807) is 12.1 Å². The Balaban J connectivity index is 1.68. The number of likely N-dealkylation sites (tertiary alicyclic amines) is 1. The summed E-state index contributed by atoms with van der Waals surface area (Å²) < 4.78 is 0. The van der Waals surface area contributed by atoms with Crippen molar-refractivity contribution < 1.29 is 39.3 Å². The number of carbonyl (C=O) groups excluding carboxylic acids is 4. The molecule has 214 valence electrons. The minimum atomic E-state index is -1.38. The van der Waals surface area contributed by atoms with Gasteiger partial charge in [-0.1, -0.05) is 24.3 Å². The molecule has 0 saturated carbocycles. The van der Waals surface area contributed by atoms with E-state index in [4.69, 9.17) is 11.5 Å². The molecular weight excluding hydrogens is 522 g/mol. The topological polar surface area (TPSA) is 225 Å². The van der Waals surface area contributed by atoms with Crippen molar-refractivity contribution >= 4 is 29.6 Å². The SMILES string of the molecule is NC(=O)CC(NC(=O)C(N)Cc1ccc(O)cc1)C(=O)N1CCCC1C(=O)NC(Cc1ccc(O)cc1)C(=O)O. The number of aliphatic carboxylic acids is 1. The Kier molecular flexibility index (Phi) is 10.0. The first-order chi connectivity index (χ1) is 18.9. The molecule has 0 aromatic heterocycles. The number of carboxylic acid groups (broad SMARTS) is 1. The summed E-state index contributed by atoms with van der Waals surface area (Å²) >= 11 is 0. The summed E-state index contributed by atoms with van der Waals surface area (Å²) in [4.78, 5) is 64.0. The van der Waals surface area contributed by atoms with Gasteiger partial charge in [0.1, 0.15) is 29.6 Å². The Bertz CT molecular complexity index is 1230. The van der Waals surface area contributed by atoms with E-state index < -0.39 is 60.2 Å². The minimum absolute atomic E-state index is 0.0127. The van der Waals surface area contributed by atoms with Crippen molar-refractivity contribution in [3.05, 3.63) is 59.7 Å². The summed E-state index contributed by atoms with van der Waals surface area (Å²) in [5, 5.41) is 33.4. The maximum absolute atomic E-state index is 13.4. The monoisotopic (exact) mass is 555 g/mol. The molecule has 1 saturated heterocycles. The fourth-order valence-corrected chi connectivity index (χ4v) is 4.50. The van der Waals surface area contributed by atoms with Crippen molar-refractivity contribution in [2.45, 2.75) is 56.3 Å². The van der Waals surface area contributed by atoms with Gasteiger partial charge >= 0.3 is 5.97 Å². The molecule has 0 bridgehead atoms. The lowest BCUT2D eigenvalue weighted by Crippen LogP contribution is -2.57. The molecule has 4 amide bonds. The molecule has 1 aliphatic heterocycles. The molecule has 13 heteroatoms. The molecule has 0 aliphatic carbocycles. The quantitative estimate of drug-likeness (QED) is 0.172. The molecule has 2 aromatic rings. The van der Waals surface area contributed by atoms with Crippen molar-refractivity contribution in [1.82, 2.24) is 15.5 Å². The Morgan fingerprint density at radius 1 is 0.875 bits per heavy atom. The molecule has 4 atom stereocenters. The van der Waals surface area contributed by atoms with E-state index in [1.165, 1.54) is 41.3 Å². The van der Waals surface area contributed by atoms with E-state index in [9.17, 15) is 39.3 Å².